The van der Waals surface area contributed by atoms with Gasteiger partial charge in [-0.15, -0.1) is 6.58 Å². The van der Waals surface area contributed by atoms with Gasteiger partial charge in [0, 0.05) is 17.8 Å². The summed E-state index contributed by atoms with van der Waals surface area (Å²) in [5, 5.41) is 0. The second-order valence-electron chi connectivity index (χ2n) is 4.69. The molecule has 4 nitrogen and oxygen atoms in total. The molecule has 0 atom stereocenters. The van der Waals surface area contributed by atoms with Crippen molar-refractivity contribution in [3.05, 3.63) is 60.8 Å². The molecule has 0 N–H and O–H groups in total. The highest BCUT2D eigenvalue weighted by molar-refractivity contribution is 5.96. The average molecular weight is 297 g/mol. The Morgan fingerprint density at radius 2 is 2.14 bits per heavy atom. The van der Waals surface area contributed by atoms with E-state index in [1.165, 1.54) is 7.11 Å². The predicted molar refractivity (Wildman–Crippen MR) is 85.9 cm³/mol. The number of aromatic nitrogens is 1. The van der Waals surface area contributed by atoms with Crippen molar-refractivity contribution >= 4 is 5.97 Å². The standard InChI is InChI=1S/C18H19NO3/c1-3-4-7-12-22-14-10-11-19-17(13-14)15-8-5-6-9-16(15)18(20)21-2/h3,5-6,8-11,13H,1,4,7,12H2,2H3. The maximum absolute atomic E-state index is 11.8. The molecule has 0 bridgehead atoms. The van der Waals surface area contributed by atoms with E-state index in [0.29, 0.717) is 17.9 Å². The summed E-state index contributed by atoms with van der Waals surface area (Å²) in [6.07, 6.45) is 5.38. The third-order valence-electron chi connectivity index (χ3n) is 3.16. The van der Waals surface area contributed by atoms with Gasteiger partial charge in [-0.3, -0.25) is 4.98 Å². The Morgan fingerprint density at radius 3 is 2.91 bits per heavy atom. The smallest absolute Gasteiger partial charge is 0.338 e. The molecule has 0 spiro atoms. The molecule has 1 aromatic heterocycles. The normalized spacial score (nSPS) is 10.0. The van der Waals surface area contributed by atoms with E-state index in [1.54, 1.807) is 24.4 Å². The van der Waals surface area contributed by atoms with Gasteiger partial charge in [0.15, 0.2) is 0 Å². The zero-order valence-corrected chi connectivity index (χ0v) is 12.6. The minimum absolute atomic E-state index is 0.380. The number of ether oxygens (including phenoxy) is 2. The van der Waals surface area contributed by atoms with Gasteiger partial charge in [0.1, 0.15) is 5.75 Å². The largest absolute Gasteiger partial charge is 0.493 e. The molecule has 0 aliphatic rings. The van der Waals surface area contributed by atoms with E-state index in [1.807, 2.05) is 24.3 Å². The van der Waals surface area contributed by atoms with Crippen LogP contribution in [0.25, 0.3) is 11.3 Å². The number of rotatable bonds is 7. The summed E-state index contributed by atoms with van der Waals surface area (Å²) in [6.45, 7) is 4.30. The van der Waals surface area contributed by atoms with Gasteiger partial charge in [-0.25, -0.2) is 4.79 Å². The predicted octanol–water partition coefficient (Wildman–Crippen LogP) is 3.88. The minimum Gasteiger partial charge on any atom is -0.493 e. The maximum atomic E-state index is 11.8. The number of nitrogens with zero attached hydrogens (tertiary/aromatic N) is 1. The molecule has 1 aromatic carbocycles. The molecule has 2 rings (SSSR count). The Kier molecular flexibility index (Phi) is 5.72. The van der Waals surface area contributed by atoms with Gasteiger partial charge in [0.2, 0.25) is 0 Å². The van der Waals surface area contributed by atoms with Crippen LogP contribution in [0.4, 0.5) is 0 Å². The van der Waals surface area contributed by atoms with Gasteiger partial charge in [-0.1, -0.05) is 24.3 Å². The Balaban J connectivity index is 2.22. The van der Waals surface area contributed by atoms with Gasteiger partial charge in [-0.05, 0) is 25.0 Å². The summed E-state index contributed by atoms with van der Waals surface area (Å²) in [5.74, 6) is 0.350. The Hall–Kier alpha value is -2.62. The molecular formula is C18H19NO3. The third kappa shape index (κ3) is 3.95. The SMILES string of the molecule is C=CCCCOc1ccnc(-c2ccccc2C(=O)OC)c1. The number of methoxy groups -OCH3 is 1. The molecule has 0 aliphatic heterocycles. The number of hydrogen-bond donors (Lipinski definition) is 0. The molecule has 0 saturated heterocycles. The Morgan fingerprint density at radius 1 is 1.32 bits per heavy atom. The van der Waals surface area contributed by atoms with Gasteiger partial charge < -0.3 is 9.47 Å². The lowest BCUT2D eigenvalue weighted by molar-refractivity contribution is 0.0601. The van der Waals surface area contributed by atoms with Crippen LogP contribution in [-0.2, 0) is 4.74 Å². The van der Waals surface area contributed by atoms with E-state index in [4.69, 9.17) is 9.47 Å². The first kappa shape index (κ1) is 15.8. The lowest BCUT2D eigenvalue weighted by Crippen LogP contribution is -2.04. The first-order valence-corrected chi connectivity index (χ1v) is 7.13. The van der Waals surface area contributed by atoms with Crippen LogP contribution in [0.3, 0.4) is 0 Å². The summed E-state index contributed by atoms with van der Waals surface area (Å²) in [5.41, 5.74) is 1.90. The maximum Gasteiger partial charge on any atom is 0.338 e. The van der Waals surface area contributed by atoms with Crippen LogP contribution < -0.4 is 4.74 Å². The van der Waals surface area contributed by atoms with Gasteiger partial charge in [-0.2, -0.15) is 0 Å². The zero-order chi connectivity index (χ0) is 15.8. The first-order valence-electron chi connectivity index (χ1n) is 7.13. The number of allylic oxidation sites excluding steroid dienone is 1. The van der Waals surface area contributed by atoms with Crippen LogP contribution in [-0.4, -0.2) is 24.7 Å². The van der Waals surface area contributed by atoms with Crippen molar-refractivity contribution in [2.75, 3.05) is 13.7 Å². The molecule has 0 amide bonds. The van der Waals surface area contributed by atoms with Crippen molar-refractivity contribution in [3.63, 3.8) is 0 Å². The summed E-state index contributed by atoms with van der Waals surface area (Å²) in [4.78, 5) is 16.2. The van der Waals surface area contributed by atoms with Crippen molar-refractivity contribution < 1.29 is 14.3 Å². The molecule has 0 saturated carbocycles. The van der Waals surface area contributed by atoms with Crippen molar-refractivity contribution in [1.82, 2.24) is 4.98 Å². The van der Waals surface area contributed by atoms with Gasteiger partial charge in [0.25, 0.3) is 0 Å². The minimum atomic E-state index is -0.380. The van der Waals surface area contributed by atoms with Crippen LogP contribution >= 0.6 is 0 Å². The summed E-state index contributed by atoms with van der Waals surface area (Å²) in [6, 6.07) is 10.9. The van der Waals surface area contributed by atoms with E-state index in [-0.39, 0.29) is 5.97 Å². The summed E-state index contributed by atoms with van der Waals surface area (Å²) >= 11 is 0. The summed E-state index contributed by atoms with van der Waals surface area (Å²) < 4.78 is 10.5. The molecule has 2 aromatic rings. The molecular weight excluding hydrogens is 278 g/mol. The van der Waals surface area contributed by atoms with Crippen LogP contribution in [0.15, 0.2) is 55.3 Å². The first-order chi connectivity index (χ1) is 10.8. The number of benzene rings is 1. The van der Waals surface area contributed by atoms with Crippen molar-refractivity contribution in [3.8, 4) is 17.0 Å². The van der Waals surface area contributed by atoms with E-state index < -0.39 is 0 Å². The average Bonchev–Trinajstić information content (AvgIpc) is 2.58. The highest BCUT2D eigenvalue weighted by Crippen LogP contribution is 2.25. The van der Waals surface area contributed by atoms with Crippen LogP contribution in [0.2, 0.25) is 0 Å². The second-order valence-corrected chi connectivity index (χ2v) is 4.69. The molecule has 4 heteroatoms. The molecule has 114 valence electrons. The highest BCUT2D eigenvalue weighted by Gasteiger charge is 2.13. The Labute approximate surface area is 130 Å². The Bertz CT molecular complexity index is 652. The monoisotopic (exact) mass is 297 g/mol. The topological polar surface area (TPSA) is 48.4 Å². The van der Waals surface area contributed by atoms with E-state index in [2.05, 4.69) is 11.6 Å². The molecule has 0 fully saturated rings. The lowest BCUT2D eigenvalue weighted by Gasteiger charge is -2.09. The molecule has 22 heavy (non-hydrogen) atoms. The van der Waals surface area contributed by atoms with Crippen LogP contribution in [0, 0.1) is 0 Å². The van der Waals surface area contributed by atoms with Crippen molar-refractivity contribution in [1.29, 1.82) is 0 Å². The van der Waals surface area contributed by atoms with Crippen LogP contribution in [0.5, 0.6) is 5.75 Å². The van der Waals surface area contributed by atoms with E-state index in [0.717, 1.165) is 24.2 Å². The van der Waals surface area contributed by atoms with Gasteiger partial charge >= 0.3 is 5.97 Å². The number of hydrogen-bond acceptors (Lipinski definition) is 4. The van der Waals surface area contributed by atoms with Gasteiger partial charge in [0.05, 0.1) is 25.0 Å². The molecule has 0 aliphatic carbocycles. The molecule has 1 heterocycles. The van der Waals surface area contributed by atoms with Crippen molar-refractivity contribution in [2.45, 2.75) is 12.8 Å². The number of pyridine rings is 1. The fourth-order valence-electron chi connectivity index (χ4n) is 2.06. The quantitative estimate of drug-likeness (QED) is 0.442. The van der Waals surface area contributed by atoms with E-state index in [9.17, 15) is 4.79 Å². The summed E-state index contributed by atoms with van der Waals surface area (Å²) in [7, 11) is 1.37. The second kappa shape index (κ2) is 7.98. The fourth-order valence-corrected chi connectivity index (χ4v) is 2.06. The third-order valence-corrected chi connectivity index (χ3v) is 3.16. The lowest BCUT2D eigenvalue weighted by atomic mass is 10.0. The number of carbonyl (C=O) groups excluding carboxylic acids is 1. The van der Waals surface area contributed by atoms with Crippen molar-refractivity contribution in [2.24, 2.45) is 0 Å². The fraction of sp³-hybridized carbons (Fsp3) is 0.222. The van der Waals surface area contributed by atoms with Crippen LogP contribution in [0.1, 0.15) is 23.2 Å². The molecule has 0 unspecified atom stereocenters. The number of unbranched alkanes of at least 4 members (excludes halogenated alkanes) is 1. The highest BCUT2D eigenvalue weighted by atomic mass is 16.5. The number of esters is 1. The van der Waals surface area contributed by atoms with E-state index >= 15 is 0 Å². The molecule has 0 radical (unpaired) electrons. The number of carbonyl (C=O) groups is 1. The zero-order valence-electron chi connectivity index (χ0n) is 12.6.